The lowest BCUT2D eigenvalue weighted by atomic mass is 10.3. The Labute approximate surface area is 67.2 Å². The molecule has 0 spiro atoms. The van der Waals surface area contributed by atoms with Crippen LogP contribution >= 0.6 is 0 Å². The molecule has 0 aromatic carbocycles. The molecule has 0 amide bonds. The molecular formula is C7H16N2O2. The first-order valence-corrected chi connectivity index (χ1v) is 3.78. The second kappa shape index (κ2) is 9.39. The Bertz CT molecular complexity index is 96.4. The molecule has 0 heterocycles. The van der Waals surface area contributed by atoms with Crippen LogP contribution in [0.15, 0.2) is 5.16 Å². The predicted octanol–water partition coefficient (Wildman–Crippen LogP) is -0.0193. The SMILES string of the molecule is CO/N=C/CNCCCCO. The Morgan fingerprint density at radius 3 is 3.00 bits per heavy atom. The van der Waals surface area contributed by atoms with Gasteiger partial charge in [0.25, 0.3) is 0 Å². The number of nitrogens with one attached hydrogen (secondary N) is 1. The normalized spacial score (nSPS) is 10.7. The maximum Gasteiger partial charge on any atom is 0.106 e. The third-order valence-electron chi connectivity index (χ3n) is 1.18. The smallest absolute Gasteiger partial charge is 0.106 e. The molecule has 66 valence electrons. The highest BCUT2D eigenvalue weighted by Gasteiger charge is 1.84. The molecule has 0 unspecified atom stereocenters. The number of hydrogen-bond acceptors (Lipinski definition) is 4. The van der Waals surface area contributed by atoms with Crippen molar-refractivity contribution >= 4 is 6.21 Å². The third kappa shape index (κ3) is 9.39. The van der Waals surface area contributed by atoms with Crippen LogP contribution in [0, 0.1) is 0 Å². The first-order chi connectivity index (χ1) is 5.41. The van der Waals surface area contributed by atoms with E-state index in [-0.39, 0.29) is 6.61 Å². The molecule has 0 aromatic rings. The monoisotopic (exact) mass is 160 g/mol. The molecule has 0 bridgehead atoms. The van der Waals surface area contributed by atoms with E-state index >= 15 is 0 Å². The molecule has 4 nitrogen and oxygen atoms in total. The van der Waals surface area contributed by atoms with Crippen molar-refractivity contribution < 1.29 is 9.94 Å². The maximum absolute atomic E-state index is 8.43. The number of oxime groups is 1. The lowest BCUT2D eigenvalue weighted by Gasteiger charge is -1.98. The van der Waals surface area contributed by atoms with E-state index in [9.17, 15) is 0 Å². The number of nitrogens with zero attached hydrogens (tertiary/aromatic N) is 1. The zero-order chi connectivity index (χ0) is 8.36. The van der Waals surface area contributed by atoms with E-state index in [1.165, 1.54) is 7.11 Å². The van der Waals surface area contributed by atoms with E-state index in [4.69, 9.17) is 5.11 Å². The van der Waals surface area contributed by atoms with Crippen LogP contribution in [0.25, 0.3) is 0 Å². The van der Waals surface area contributed by atoms with Gasteiger partial charge in [-0.15, -0.1) is 0 Å². The van der Waals surface area contributed by atoms with E-state index in [1.54, 1.807) is 6.21 Å². The fourth-order valence-corrected chi connectivity index (χ4v) is 0.640. The van der Waals surface area contributed by atoms with Crippen molar-refractivity contribution in [2.45, 2.75) is 12.8 Å². The van der Waals surface area contributed by atoms with Crippen molar-refractivity contribution in [1.82, 2.24) is 5.32 Å². The van der Waals surface area contributed by atoms with Gasteiger partial charge in [-0.05, 0) is 19.4 Å². The number of aliphatic hydroxyl groups excluding tert-OH is 1. The summed E-state index contributed by atoms with van der Waals surface area (Å²) in [5, 5.41) is 15.1. The van der Waals surface area contributed by atoms with Crippen LogP contribution in [-0.4, -0.2) is 38.1 Å². The standard InChI is InChI=1S/C7H16N2O2/c1-11-9-6-5-8-4-2-3-7-10/h6,8,10H,2-5,7H2,1H3/b9-6+. The number of hydrogen-bond donors (Lipinski definition) is 2. The second-order valence-corrected chi connectivity index (χ2v) is 2.11. The van der Waals surface area contributed by atoms with Crippen LogP contribution in [-0.2, 0) is 4.84 Å². The molecule has 0 aliphatic rings. The molecule has 2 N–H and O–H groups in total. The van der Waals surface area contributed by atoms with Crippen molar-refractivity contribution in [3.05, 3.63) is 0 Å². The molecule has 0 atom stereocenters. The fourth-order valence-electron chi connectivity index (χ4n) is 0.640. The minimum absolute atomic E-state index is 0.272. The summed E-state index contributed by atoms with van der Waals surface area (Å²) in [7, 11) is 1.52. The van der Waals surface area contributed by atoms with Gasteiger partial charge in [0.15, 0.2) is 0 Å². The van der Waals surface area contributed by atoms with Crippen LogP contribution in [0.1, 0.15) is 12.8 Å². The van der Waals surface area contributed by atoms with Gasteiger partial charge in [-0.25, -0.2) is 0 Å². The van der Waals surface area contributed by atoms with Gasteiger partial charge in [0, 0.05) is 13.2 Å². The Balaban J connectivity index is 2.85. The Morgan fingerprint density at radius 1 is 1.55 bits per heavy atom. The minimum Gasteiger partial charge on any atom is -0.399 e. The lowest BCUT2D eigenvalue weighted by molar-refractivity contribution is 0.214. The highest BCUT2D eigenvalue weighted by molar-refractivity contribution is 5.58. The summed E-state index contributed by atoms with van der Waals surface area (Å²) in [6.07, 6.45) is 3.52. The van der Waals surface area contributed by atoms with Gasteiger partial charge >= 0.3 is 0 Å². The molecule has 0 aromatic heterocycles. The van der Waals surface area contributed by atoms with Gasteiger partial charge in [-0.1, -0.05) is 5.16 Å². The average Bonchev–Trinajstić information content (AvgIpc) is 2.03. The lowest BCUT2D eigenvalue weighted by Crippen LogP contribution is -2.17. The highest BCUT2D eigenvalue weighted by atomic mass is 16.6. The van der Waals surface area contributed by atoms with Crippen LogP contribution in [0.2, 0.25) is 0 Å². The van der Waals surface area contributed by atoms with Crippen LogP contribution in [0.4, 0.5) is 0 Å². The number of aliphatic hydroxyl groups is 1. The fraction of sp³-hybridized carbons (Fsp3) is 0.857. The van der Waals surface area contributed by atoms with Crippen molar-refractivity contribution in [1.29, 1.82) is 0 Å². The molecule has 0 aliphatic carbocycles. The molecule has 0 radical (unpaired) electrons. The molecule has 0 aliphatic heterocycles. The Morgan fingerprint density at radius 2 is 2.36 bits per heavy atom. The van der Waals surface area contributed by atoms with E-state index < -0.39 is 0 Å². The number of unbranched alkanes of at least 4 members (excludes halogenated alkanes) is 1. The quantitative estimate of drug-likeness (QED) is 0.312. The van der Waals surface area contributed by atoms with Crippen molar-refractivity contribution in [2.75, 3.05) is 26.8 Å². The van der Waals surface area contributed by atoms with Crippen LogP contribution in [0.5, 0.6) is 0 Å². The molecule has 11 heavy (non-hydrogen) atoms. The minimum atomic E-state index is 0.272. The van der Waals surface area contributed by atoms with E-state index in [2.05, 4.69) is 15.3 Å². The summed E-state index contributed by atoms with van der Waals surface area (Å²) in [6.45, 7) is 1.91. The summed E-state index contributed by atoms with van der Waals surface area (Å²) in [6, 6.07) is 0. The number of rotatable bonds is 7. The molecule has 0 saturated heterocycles. The molecule has 4 heteroatoms. The van der Waals surface area contributed by atoms with Crippen molar-refractivity contribution in [3.8, 4) is 0 Å². The largest absolute Gasteiger partial charge is 0.399 e. The predicted molar refractivity (Wildman–Crippen MR) is 44.7 cm³/mol. The molecule has 0 fully saturated rings. The molecular weight excluding hydrogens is 144 g/mol. The first-order valence-electron chi connectivity index (χ1n) is 3.78. The van der Waals surface area contributed by atoms with Crippen molar-refractivity contribution in [2.24, 2.45) is 5.16 Å². The van der Waals surface area contributed by atoms with E-state index in [0.717, 1.165) is 25.9 Å². The summed E-state index contributed by atoms with van der Waals surface area (Å²) < 4.78 is 0. The summed E-state index contributed by atoms with van der Waals surface area (Å²) in [4.78, 5) is 4.46. The van der Waals surface area contributed by atoms with Crippen molar-refractivity contribution in [3.63, 3.8) is 0 Å². The van der Waals surface area contributed by atoms with Gasteiger partial charge in [0.2, 0.25) is 0 Å². The topological polar surface area (TPSA) is 53.8 Å². The third-order valence-corrected chi connectivity index (χ3v) is 1.18. The average molecular weight is 160 g/mol. The van der Waals surface area contributed by atoms with E-state index in [0.29, 0.717) is 0 Å². The van der Waals surface area contributed by atoms with Gasteiger partial charge in [0.1, 0.15) is 7.11 Å². The van der Waals surface area contributed by atoms with Crippen LogP contribution in [0.3, 0.4) is 0 Å². The summed E-state index contributed by atoms with van der Waals surface area (Å²) in [5.41, 5.74) is 0. The van der Waals surface area contributed by atoms with Gasteiger partial charge in [0.05, 0.1) is 6.21 Å². The second-order valence-electron chi connectivity index (χ2n) is 2.11. The zero-order valence-corrected chi connectivity index (χ0v) is 6.92. The zero-order valence-electron chi connectivity index (χ0n) is 6.92. The Kier molecular flexibility index (Phi) is 8.87. The molecule has 0 saturated carbocycles. The van der Waals surface area contributed by atoms with Crippen LogP contribution < -0.4 is 5.32 Å². The molecule has 0 rings (SSSR count). The Hall–Kier alpha value is -0.610. The van der Waals surface area contributed by atoms with E-state index in [1.807, 2.05) is 0 Å². The maximum atomic E-state index is 8.43. The highest BCUT2D eigenvalue weighted by Crippen LogP contribution is 1.82. The van der Waals surface area contributed by atoms with Gasteiger partial charge in [-0.3, -0.25) is 0 Å². The first kappa shape index (κ1) is 10.4. The van der Waals surface area contributed by atoms with Gasteiger partial charge in [-0.2, -0.15) is 0 Å². The van der Waals surface area contributed by atoms with Gasteiger partial charge < -0.3 is 15.3 Å². The summed E-state index contributed by atoms with van der Waals surface area (Å²) in [5.74, 6) is 0. The summed E-state index contributed by atoms with van der Waals surface area (Å²) >= 11 is 0.